The summed E-state index contributed by atoms with van der Waals surface area (Å²) in [6.07, 6.45) is 3.96. The minimum absolute atomic E-state index is 0. The first kappa shape index (κ1) is 21.2. The number of nitrogens with one attached hydrogen (secondary N) is 2. The van der Waals surface area contributed by atoms with Gasteiger partial charge >= 0.3 is 0 Å². The van der Waals surface area contributed by atoms with E-state index in [1.54, 1.807) is 37.4 Å². The number of carbonyl (C=O) groups is 2. The van der Waals surface area contributed by atoms with E-state index in [4.69, 9.17) is 11.6 Å². The van der Waals surface area contributed by atoms with Crippen LogP contribution < -0.4 is 10.6 Å². The van der Waals surface area contributed by atoms with E-state index in [1.807, 2.05) is 10.9 Å². The second-order valence-electron chi connectivity index (χ2n) is 6.40. The third kappa shape index (κ3) is 5.69. The molecule has 2 heterocycles. The number of amides is 2. The molecule has 1 saturated heterocycles. The van der Waals surface area contributed by atoms with E-state index in [9.17, 15) is 9.59 Å². The first-order valence-corrected chi connectivity index (χ1v) is 8.97. The second kappa shape index (κ2) is 9.73. The first-order valence-electron chi connectivity index (χ1n) is 8.59. The van der Waals surface area contributed by atoms with E-state index in [0.717, 1.165) is 25.9 Å². The summed E-state index contributed by atoms with van der Waals surface area (Å²) < 4.78 is 1.83. The number of carbonyl (C=O) groups excluding carboxylic acids is 2. The fourth-order valence-corrected chi connectivity index (χ4v) is 3.15. The molecule has 0 aliphatic carbocycles. The monoisotopic (exact) mass is 411 g/mol. The van der Waals surface area contributed by atoms with Crippen molar-refractivity contribution in [2.75, 3.05) is 32.0 Å². The van der Waals surface area contributed by atoms with Gasteiger partial charge in [-0.25, -0.2) is 0 Å². The number of piperidine rings is 1. The van der Waals surface area contributed by atoms with Crippen LogP contribution in [-0.4, -0.2) is 53.2 Å². The molecule has 146 valence electrons. The fourth-order valence-electron chi connectivity index (χ4n) is 2.96. The Hall–Kier alpha value is -2.09. The quantitative estimate of drug-likeness (QED) is 0.792. The molecule has 27 heavy (non-hydrogen) atoms. The Morgan fingerprint density at radius 2 is 2.22 bits per heavy atom. The Balaban J connectivity index is 0.00000261. The minimum Gasteiger partial charge on any atom is -0.331 e. The van der Waals surface area contributed by atoms with Crippen molar-refractivity contribution in [3.8, 4) is 0 Å². The third-order valence-electron chi connectivity index (χ3n) is 4.31. The van der Waals surface area contributed by atoms with Crippen LogP contribution in [0.3, 0.4) is 0 Å². The molecule has 1 aromatic carbocycles. The summed E-state index contributed by atoms with van der Waals surface area (Å²) in [4.78, 5) is 26.0. The minimum atomic E-state index is -0.293. The molecule has 9 heteroatoms. The molecule has 0 saturated carbocycles. The number of hydrogen-bond acceptors (Lipinski definition) is 4. The van der Waals surface area contributed by atoms with Crippen molar-refractivity contribution in [2.24, 2.45) is 0 Å². The number of benzene rings is 1. The van der Waals surface area contributed by atoms with E-state index < -0.39 is 0 Å². The van der Waals surface area contributed by atoms with Gasteiger partial charge in [0.1, 0.15) is 5.69 Å². The number of halogens is 2. The van der Waals surface area contributed by atoms with Gasteiger partial charge in [-0.05, 0) is 43.7 Å². The summed E-state index contributed by atoms with van der Waals surface area (Å²) in [7, 11) is 1.58. The van der Waals surface area contributed by atoms with Crippen molar-refractivity contribution < 1.29 is 9.59 Å². The molecule has 1 unspecified atom stereocenters. The predicted molar refractivity (Wildman–Crippen MR) is 108 cm³/mol. The van der Waals surface area contributed by atoms with Crippen LogP contribution in [0.25, 0.3) is 0 Å². The van der Waals surface area contributed by atoms with Crippen LogP contribution in [0.5, 0.6) is 0 Å². The van der Waals surface area contributed by atoms with Gasteiger partial charge in [-0.2, -0.15) is 5.10 Å². The van der Waals surface area contributed by atoms with Gasteiger partial charge in [0.25, 0.3) is 5.91 Å². The number of nitrogens with zero attached hydrogens (tertiary/aromatic N) is 3. The molecule has 0 bridgehead atoms. The fraction of sp³-hybridized carbons (Fsp3) is 0.389. The van der Waals surface area contributed by atoms with Crippen LogP contribution in [0.4, 0.5) is 5.69 Å². The maximum Gasteiger partial charge on any atom is 0.274 e. The van der Waals surface area contributed by atoms with Gasteiger partial charge in [-0.3, -0.25) is 14.3 Å². The van der Waals surface area contributed by atoms with E-state index in [-0.39, 0.29) is 36.8 Å². The number of hydrogen-bond donors (Lipinski definition) is 2. The van der Waals surface area contributed by atoms with Crippen molar-refractivity contribution in [1.82, 2.24) is 20.0 Å². The van der Waals surface area contributed by atoms with Gasteiger partial charge in [0, 0.05) is 30.5 Å². The van der Waals surface area contributed by atoms with Crippen molar-refractivity contribution in [3.05, 3.63) is 47.2 Å². The van der Waals surface area contributed by atoms with Crippen LogP contribution >= 0.6 is 24.0 Å². The molecular formula is C18H23Cl2N5O2. The van der Waals surface area contributed by atoms with E-state index in [1.165, 1.54) is 4.90 Å². The largest absolute Gasteiger partial charge is 0.331 e. The summed E-state index contributed by atoms with van der Waals surface area (Å²) in [5.41, 5.74) is 0.936. The molecule has 1 aromatic heterocycles. The van der Waals surface area contributed by atoms with E-state index >= 15 is 0 Å². The second-order valence-corrected chi connectivity index (χ2v) is 6.84. The SMILES string of the molecule is CN(CC(=O)Nc1cccc(Cl)c1)C(=O)c1ccn(C2CCCNC2)n1.Cl. The lowest BCUT2D eigenvalue weighted by Crippen LogP contribution is -2.35. The summed E-state index contributed by atoms with van der Waals surface area (Å²) in [5.74, 6) is -0.576. The number of anilines is 1. The van der Waals surface area contributed by atoms with Gasteiger partial charge in [0.05, 0.1) is 12.6 Å². The molecule has 3 rings (SSSR count). The summed E-state index contributed by atoms with van der Waals surface area (Å²) in [6.45, 7) is 1.81. The van der Waals surface area contributed by atoms with Crippen molar-refractivity contribution >= 4 is 41.5 Å². The van der Waals surface area contributed by atoms with Gasteiger partial charge in [0.2, 0.25) is 5.91 Å². The normalized spacial score (nSPS) is 16.3. The van der Waals surface area contributed by atoms with Gasteiger partial charge in [-0.1, -0.05) is 17.7 Å². The highest BCUT2D eigenvalue weighted by Gasteiger charge is 2.20. The Morgan fingerprint density at radius 3 is 2.93 bits per heavy atom. The summed E-state index contributed by atoms with van der Waals surface area (Å²) in [5, 5.41) is 11.0. The Kier molecular flexibility index (Phi) is 7.65. The van der Waals surface area contributed by atoms with Crippen LogP contribution in [0, 0.1) is 0 Å². The Labute approximate surface area is 169 Å². The number of aromatic nitrogens is 2. The lowest BCUT2D eigenvalue weighted by atomic mass is 10.1. The molecule has 2 aromatic rings. The lowest BCUT2D eigenvalue weighted by Gasteiger charge is -2.23. The molecule has 2 N–H and O–H groups in total. The molecule has 7 nitrogen and oxygen atoms in total. The Bertz CT molecular complexity index is 790. The molecule has 1 atom stereocenters. The van der Waals surface area contributed by atoms with Crippen LogP contribution in [0.2, 0.25) is 5.02 Å². The third-order valence-corrected chi connectivity index (χ3v) is 4.54. The van der Waals surface area contributed by atoms with Gasteiger partial charge in [-0.15, -0.1) is 12.4 Å². The molecule has 1 aliphatic heterocycles. The van der Waals surface area contributed by atoms with Gasteiger partial charge in [0.15, 0.2) is 0 Å². The molecule has 1 aliphatic rings. The smallest absolute Gasteiger partial charge is 0.274 e. The molecule has 0 spiro atoms. The zero-order valence-electron chi connectivity index (χ0n) is 15.0. The zero-order valence-corrected chi connectivity index (χ0v) is 16.6. The highest BCUT2D eigenvalue weighted by Crippen LogP contribution is 2.17. The lowest BCUT2D eigenvalue weighted by molar-refractivity contribution is -0.116. The maximum atomic E-state index is 12.5. The van der Waals surface area contributed by atoms with Crippen molar-refractivity contribution in [3.63, 3.8) is 0 Å². The molecule has 1 fully saturated rings. The standard InChI is InChI=1S/C18H22ClN5O2.ClH/c1-23(12-17(25)21-14-5-2-4-13(19)10-14)18(26)16-7-9-24(22-16)15-6-3-8-20-11-15;/h2,4-5,7,9-10,15,20H,3,6,8,11-12H2,1H3,(H,21,25);1H. The van der Waals surface area contributed by atoms with Gasteiger partial charge < -0.3 is 15.5 Å². The van der Waals surface area contributed by atoms with Crippen LogP contribution in [0.15, 0.2) is 36.5 Å². The average molecular weight is 412 g/mol. The highest BCUT2D eigenvalue weighted by atomic mass is 35.5. The van der Waals surface area contributed by atoms with Crippen LogP contribution in [0.1, 0.15) is 29.4 Å². The summed E-state index contributed by atoms with van der Waals surface area (Å²) in [6, 6.07) is 8.83. The predicted octanol–water partition coefficient (Wildman–Crippen LogP) is 2.59. The maximum absolute atomic E-state index is 12.5. The Morgan fingerprint density at radius 1 is 1.41 bits per heavy atom. The molecule has 2 amide bonds. The molecule has 0 radical (unpaired) electrons. The number of rotatable bonds is 5. The molecular weight excluding hydrogens is 389 g/mol. The first-order chi connectivity index (χ1) is 12.5. The number of likely N-dealkylation sites (N-methyl/N-ethyl adjacent to an activating group) is 1. The summed E-state index contributed by atoms with van der Waals surface area (Å²) >= 11 is 5.90. The van der Waals surface area contributed by atoms with Crippen LogP contribution in [-0.2, 0) is 4.79 Å². The van der Waals surface area contributed by atoms with E-state index in [2.05, 4.69) is 15.7 Å². The van der Waals surface area contributed by atoms with E-state index in [0.29, 0.717) is 16.4 Å². The highest BCUT2D eigenvalue weighted by molar-refractivity contribution is 6.30. The van der Waals surface area contributed by atoms with Crippen molar-refractivity contribution in [1.29, 1.82) is 0 Å². The zero-order chi connectivity index (χ0) is 18.5. The average Bonchev–Trinajstić information content (AvgIpc) is 3.11. The topological polar surface area (TPSA) is 79.3 Å². The van der Waals surface area contributed by atoms with Crippen molar-refractivity contribution in [2.45, 2.75) is 18.9 Å².